The molecular weight excluding hydrogens is 464 g/mol. The number of amides is 1. The van der Waals surface area contributed by atoms with Crippen LogP contribution in [0, 0.1) is 0 Å². The van der Waals surface area contributed by atoms with Gasteiger partial charge in [-0.2, -0.15) is 4.31 Å². The van der Waals surface area contributed by atoms with Gasteiger partial charge in [0.25, 0.3) is 0 Å². The number of rotatable bonds is 8. The highest BCUT2D eigenvalue weighted by Gasteiger charge is 2.27. The third-order valence-corrected chi connectivity index (χ3v) is 6.98. The Kier molecular flexibility index (Phi) is 7.42. The largest absolute Gasteiger partial charge is 0.348 e. The van der Waals surface area contributed by atoms with Crippen LogP contribution in [0.2, 0.25) is 0 Å². The lowest BCUT2D eigenvalue weighted by atomic mass is 10.1. The summed E-state index contributed by atoms with van der Waals surface area (Å²) >= 11 is 3.38. The van der Waals surface area contributed by atoms with Crippen molar-refractivity contribution >= 4 is 31.9 Å². The quantitative estimate of drug-likeness (QED) is 0.508. The van der Waals surface area contributed by atoms with Gasteiger partial charge in [-0.1, -0.05) is 76.6 Å². The molecule has 0 saturated carbocycles. The van der Waals surface area contributed by atoms with Crippen LogP contribution in [0.25, 0.3) is 0 Å². The van der Waals surface area contributed by atoms with Crippen molar-refractivity contribution in [3.8, 4) is 0 Å². The molecule has 1 atom stereocenters. The highest BCUT2D eigenvalue weighted by Crippen LogP contribution is 2.20. The van der Waals surface area contributed by atoms with Crippen molar-refractivity contribution in [1.82, 2.24) is 9.62 Å². The molecule has 0 aliphatic carbocycles. The number of halogens is 1. The van der Waals surface area contributed by atoms with Crippen molar-refractivity contribution in [2.24, 2.45) is 0 Å². The molecule has 3 aromatic rings. The van der Waals surface area contributed by atoms with Crippen LogP contribution in [0.5, 0.6) is 0 Å². The van der Waals surface area contributed by atoms with Gasteiger partial charge >= 0.3 is 0 Å². The van der Waals surface area contributed by atoms with Gasteiger partial charge in [0.15, 0.2) is 0 Å². The summed E-state index contributed by atoms with van der Waals surface area (Å²) < 4.78 is 28.6. The van der Waals surface area contributed by atoms with Gasteiger partial charge in [-0.15, -0.1) is 0 Å². The first-order valence-corrected chi connectivity index (χ1v) is 11.7. The Morgan fingerprint density at radius 2 is 1.50 bits per heavy atom. The molecule has 0 radical (unpaired) electrons. The van der Waals surface area contributed by atoms with Crippen LogP contribution in [0.1, 0.15) is 24.1 Å². The lowest BCUT2D eigenvalue weighted by molar-refractivity contribution is -0.122. The lowest BCUT2D eigenvalue weighted by Crippen LogP contribution is -2.41. The molecule has 0 aromatic heterocycles. The van der Waals surface area contributed by atoms with Crippen molar-refractivity contribution in [2.75, 3.05) is 6.54 Å². The zero-order valence-corrected chi connectivity index (χ0v) is 18.9. The molecule has 0 unspecified atom stereocenters. The van der Waals surface area contributed by atoms with Crippen molar-refractivity contribution in [1.29, 1.82) is 0 Å². The summed E-state index contributed by atoms with van der Waals surface area (Å²) in [6.07, 6.45) is 0. The fourth-order valence-electron chi connectivity index (χ4n) is 3.03. The first-order valence-electron chi connectivity index (χ1n) is 9.50. The molecule has 0 fully saturated rings. The maximum absolute atomic E-state index is 13.2. The first-order chi connectivity index (χ1) is 14.4. The van der Waals surface area contributed by atoms with E-state index in [1.54, 1.807) is 18.2 Å². The molecule has 7 heteroatoms. The molecule has 3 rings (SSSR count). The van der Waals surface area contributed by atoms with Gasteiger partial charge in [0.05, 0.1) is 17.5 Å². The third kappa shape index (κ3) is 5.78. The summed E-state index contributed by atoms with van der Waals surface area (Å²) in [5, 5.41) is 2.89. The Morgan fingerprint density at radius 1 is 0.933 bits per heavy atom. The zero-order chi connectivity index (χ0) is 21.6. The molecule has 0 heterocycles. The number of carbonyl (C=O) groups is 1. The molecule has 1 N–H and O–H groups in total. The number of hydrogen-bond donors (Lipinski definition) is 1. The second-order valence-corrected chi connectivity index (χ2v) is 9.77. The van der Waals surface area contributed by atoms with Crippen LogP contribution in [0.15, 0.2) is 94.3 Å². The molecular formula is C23H23BrN2O3S. The number of nitrogens with zero attached hydrogens (tertiary/aromatic N) is 1. The van der Waals surface area contributed by atoms with E-state index in [0.717, 1.165) is 15.6 Å². The predicted molar refractivity (Wildman–Crippen MR) is 121 cm³/mol. The maximum atomic E-state index is 13.2. The maximum Gasteiger partial charge on any atom is 0.243 e. The normalized spacial score (nSPS) is 12.5. The SMILES string of the molecule is C[C@H](NC(=O)CN(Cc1ccc(Br)cc1)S(=O)(=O)c1ccccc1)c1ccccc1. The van der Waals surface area contributed by atoms with Crippen LogP contribution < -0.4 is 5.32 Å². The van der Waals surface area contributed by atoms with Crippen LogP contribution in [0.3, 0.4) is 0 Å². The van der Waals surface area contributed by atoms with E-state index in [1.807, 2.05) is 61.5 Å². The summed E-state index contributed by atoms with van der Waals surface area (Å²) in [5.41, 5.74) is 1.75. The lowest BCUT2D eigenvalue weighted by Gasteiger charge is -2.23. The molecule has 0 bridgehead atoms. The average Bonchev–Trinajstić information content (AvgIpc) is 2.76. The van der Waals surface area contributed by atoms with Gasteiger partial charge in [0.2, 0.25) is 15.9 Å². The molecule has 156 valence electrons. The Balaban J connectivity index is 1.81. The third-order valence-electron chi connectivity index (χ3n) is 4.65. The summed E-state index contributed by atoms with van der Waals surface area (Å²) in [6, 6.07) is 24.9. The second-order valence-electron chi connectivity index (χ2n) is 6.91. The van der Waals surface area contributed by atoms with Gasteiger partial charge in [0.1, 0.15) is 0 Å². The Hall–Kier alpha value is -2.48. The van der Waals surface area contributed by atoms with Gasteiger partial charge in [0, 0.05) is 11.0 Å². The molecule has 30 heavy (non-hydrogen) atoms. The summed E-state index contributed by atoms with van der Waals surface area (Å²) in [6.45, 7) is 1.69. The topological polar surface area (TPSA) is 66.5 Å². The predicted octanol–water partition coefficient (Wildman–Crippen LogP) is 4.52. The molecule has 0 aliphatic heterocycles. The van der Waals surface area contributed by atoms with E-state index in [2.05, 4.69) is 21.2 Å². The zero-order valence-electron chi connectivity index (χ0n) is 16.5. The number of sulfonamides is 1. The molecule has 0 saturated heterocycles. The van der Waals surface area contributed by atoms with E-state index in [0.29, 0.717) is 0 Å². The Bertz CT molecular complexity index is 1070. The van der Waals surface area contributed by atoms with Crippen LogP contribution in [-0.4, -0.2) is 25.2 Å². The van der Waals surface area contributed by atoms with Gasteiger partial charge < -0.3 is 5.32 Å². The van der Waals surface area contributed by atoms with Gasteiger partial charge in [-0.3, -0.25) is 4.79 Å². The summed E-state index contributed by atoms with van der Waals surface area (Å²) in [5.74, 6) is -0.358. The smallest absolute Gasteiger partial charge is 0.243 e. The molecule has 1 amide bonds. The minimum Gasteiger partial charge on any atom is -0.348 e. The van der Waals surface area contributed by atoms with Crippen LogP contribution >= 0.6 is 15.9 Å². The summed E-state index contributed by atoms with van der Waals surface area (Å²) in [7, 11) is -3.84. The number of hydrogen-bond acceptors (Lipinski definition) is 3. The Labute approximate surface area is 185 Å². The fraction of sp³-hybridized carbons (Fsp3) is 0.174. The molecule has 0 aliphatic rings. The van der Waals surface area contributed by atoms with E-state index in [9.17, 15) is 13.2 Å². The van der Waals surface area contributed by atoms with Crippen molar-refractivity contribution in [3.63, 3.8) is 0 Å². The van der Waals surface area contributed by atoms with E-state index < -0.39 is 10.0 Å². The minimum atomic E-state index is -3.84. The molecule has 3 aromatic carbocycles. The molecule has 0 spiro atoms. The number of nitrogens with one attached hydrogen (secondary N) is 1. The van der Waals surface area contributed by atoms with E-state index >= 15 is 0 Å². The van der Waals surface area contributed by atoms with Gasteiger partial charge in [-0.05, 0) is 42.3 Å². The van der Waals surface area contributed by atoms with Crippen LogP contribution in [-0.2, 0) is 21.4 Å². The van der Waals surface area contributed by atoms with E-state index in [-0.39, 0.29) is 29.9 Å². The Morgan fingerprint density at radius 3 is 2.10 bits per heavy atom. The second kappa shape index (κ2) is 10.0. The summed E-state index contributed by atoms with van der Waals surface area (Å²) in [4.78, 5) is 12.9. The van der Waals surface area contributed by atoms with E-state index in [1.165, 1.54) is 16.4 Å². The van der Waals surface area contributed by atoms with Crippen LogP contribution in [0.4, 0.5) is 0 Å². The number of benzene rings is 3. The monoisotopic (exact) mass is 486 g/mol. The van der Waals surface area contributed by atoms with Crippen molar-refractivity contribution in [2.45, 2.75) is 24.4 Å². The van der Waals surface area contributed by atoms with E-state index in [4.69, 9.17) is 0 Å². The standard InChI is InChI=1S/C23H23BrN2O3S/c1-18(20-8-4-2-5-9-20)25-23(27)17-26(16-19-12-14-21(24)15-13-19)30(28,29)22-10-6-3-7-11-22/h2-15,18H,16-17H2,1H3,(H,25,27)/t18-/m0/s1. The highest BCUT2D eigenvalue weighted by atomic mass is 79.9. The van der Waals surface area contributed by atoms with Crippen molar-refractivity contribution < 1.29 is 13.2 Å². The fourth-order valence-corrected chi connectivity index (χ4v) is 4.70. The molecule has 5 nitrogen and oxygen atoms in total. The highest BCUT2D eigenvalue weighted by molar-refractivity contribution is 9.10. The van der Waals surface area contributed by atoms with Crippen molar-refractivity contribution in [3.05, 3.63) is 101 Å². The first kappa shape index (κ1) is 22.2. The number of carbonyl (C=O) groups excluding carboxylic acids is 1. The average molecular weight is 487 g/mol. The van der Waals surface area contributed by atoms with Gasteiger partial charge in [-0.25, -0.2) is 8.42 Å². The minimum absolute atomic E-state index is 0.0949.